The van der Waals surface area contributed by atoms with E-state index in [1.54, 1.807) is 6.92 Å². The molecule has 0 amide bonds. The molecule has 0 fully saturated rings. The lowest BCUT2D eigenvalue weighted by Crippen LogP contribution is -2.34. The van der Waals surface area contributed by atoms with Crippen LogP contribution in [0.5, 0.6) is 11.5 Å². The number of carbonyl (C=O) groups is 1. The summed E-state index contributed by atoms with van der Waals surface area (Å²) in [4.78, 5) is 11.2. The summed E-state index contributed by atoms with van der Waals surface area (Å²) in [6, 6.07) is 5.34. The van der Waals surface area contributed by atoms with E-state index in [0.717, 1.165) is 17.1 Å². The van der Waals surface area contributed by atoms with Gasteiger partial charge in [-0.1, -0.05) is 12.1 Å². The van der Waals surface area contributed by atoms with Crippen LogP contribution in [0.2, 0.25) is 0 Å². The largest absolute Gasteiger partial charge is 0.468 e. The van der Waals surface area contributed by atoms with Crippen molar-refractivity contribution >= 4 is 5.97 Å². The molecular formula is C12H15NO4. The summed E-state index contributed by atoms with van der Waals surface area (Å²) < 4.78 is 15.3. The van der Waals surface area contributed by atoms with E-state index >= 15 is 0 Å². The predicted molar refractivity (Wildman–Crippen MR) is 60.9 cm³/mol. The van der Waals surface area contributed by atoms with Crippen molar-refractivity contribution in [3.8, 4) is 11.5 Å². The molecule has 0 bridgehead atoms. The highest BCUT2D eigenvalue weighted by atomic mass is 16.7. The zero-order chi connectivity index (χ0) is 12.3. The third kappa shape index (κ3) is 2.50. The minimum Gasteiger partial charge on any atom is -0.468 e. The summed E-state index contributed by atoms with van der Waals surface area (Å²) in [6.07, 6.45) is 0. The van der Waals surface area contributed by atoms with Gasteiger partial charge >= 0.3 is 5.97 Å². The third-order valence-electron chi connectivity index (χ3n) is 2.63. The van der Waals surface area contributed by atoms with Gasteiger partial charge < -0.3 is 19.5 Å². The van der Waals surface area contributed by atoms with Crippen LogP contribution < -0.4 is 14.8 Å². The first kappa shape index (κ1) is 11.7. The van der Waals surface area contributed by atoms with Crippen molar-refractivity contribution in [2.75, 3.05) is 13.9 Å². The zero-order valence-electron chi connectivity index (χ0n) is 9.86. The molecule has 1 N–H and O–H groups in total. The van der Waals surface area contributed by atoms with Crippen molar-refractivity contribution in [1.82, 2.24) is 5.32 Å². The molecule has 17 heavy (non-hydrogen) atoms. The Labute approximate surface area is 99.7 Å². The number of para-hydroxylation sites is 1. The van der Waals surface area contributed by atoms with Crippen LogP contribution in [0.25, 0.3) is 0 Å². The Morgan fingerprint density at radius 2 is 2.35 bits per heavy atom. The van der Waals surface area contributed by atoms with Crippen LogP contribution in [-0.2, 0) is 16.1 Å². The number of hydrogen-bond donors (Lipinski definition) is 1. The summed E-state index contributed by atoms with van der Waals surface area (Å²) >= 11 is 0. The highest BCUT2D eigenvalue weighted by Gasteiger charge is 2.18. The summed E-state index contributed by atoms with van der Waals surface area (Å²) in [5.74, 6) is 1.21. The van der Waals surface area contributed by atoms with E-state index in [0.29, 0.717) is 6.54 Å². The molecule has 1 aliphatic rings. The molecule has 0 aromatic heterocycles. The average Bonchev–Trinajstić information content (AvgIpc) is 2.83. The maximum absolute atomic E-state index is 11.2. The number of fused-ring (bicyclic) bond motifs is 1. The van der Waals surface area contributed by atoms with Crippen LogP contribution in [0, 0.1) is 0 Å². The van der Waals surface area contributed by atoms with Gasteiger partial charge in [-0.25, -0.2) is 0 Å². The van der Waals surface area contributed by atoms with Crippen molar-refractivity contribution in [1.29, 1.82) is 0 Å². The van der Waals surface area contributed by atoms with E-state index in [-0.39, 0.29) is 18.8 Å². The number of hydrogen-bond acceptors (Lipinski definition) is 5. The molecule has 1 aliphatic heterocycles. The van der Waals surface area contributed by atoms with E-state index in [2.05, 4.69) is 10.1 Å². The highest BCUT2D eigenvalue weighted by molar-refractivity contribution is 5.75. The van der Waals surface area contributed by atoms with Gasteiger partial charge in [-0.2, -0.15) is 0 Å². The summed E-state index contributed by atoms with van der Waals surface area (Å²) in [5.41, 5.74) is 0.968. The number of carbonyl (C=O) groups excluding carboxylic acids is 1. The Morgan fingerprint density at radius 1 is 1.53 bits per heavy atom. The molecule has 5 heteroatoms. The molecule has 92 valence electrons. The molecule has 0 aliphatic carbocycles. The van der Waals surface area contributed by atoms with Gasteiger partial charge in [0.25, 0.3) is 0 Å². The Balaban J connectivity index is 2.00. The first-order valence-electron chi connectivity index (χ1n) is 5.41. The van der Waals surface area contributed by atoms with E-state index in [1.807, 2.05) is 18.2 Å². The number of ether oxygens (including phenoxy) is 3. The lowest BCUT2D eigenvalue weighted by molar-refractivity contribution is -0.142. The Morgan fingerprint density at radius 3 is 3.12 bits per heavy atom. The lowest BCUT2D eigenvalue weighted by atomic mass is 10.1. The summed E-state index contributed by atoms with van der Waals surface area (Å²) in [7, 11) is 1.37. The number of benzene rings is 1. The quantitative estimate of drug-likeness (QED) is 0.794. The highest BCUT2D eigenvalue weighted by Crippen LogP contribution is 2.35. The number of nitrogens with one attached hydrogen (secondary N) is 1. The van der Waals surface area contributed by atoms with E-state index in [4.69, 9.17) is 9.47 Å². The second-order valence-electron chi connectivity index (χ2n) is 3.78. The first-order chi connectivity index (χ1) is 8.22. The van der Waals surface area contributed by atoms with Crippen molar-refractivity contribution in [3.05, 3.63) is 23.8 Å². The predicted octanol–water partition coefficient (Wildman–Crippen LogP) is 1.07. The molecule has 0 unspecified atom stereocenters. The normalized spacial score (nSPS) is 14.5. The zero-order valence-corrected chi connectivity index (χ0v) is 9.86. The van der Waals surface area contributed by atoms with Gasteiger partial charge in [0.1, 0.15) is 6.04 Å². The number of esters is 1. The van der Waals surface area contributed by atoms with Gasteiger partial charge in [0, 0.05) is 12.1 Å². The second kappa shape index (κ2) is 5.05. The molecule has 2 rings (SSSR count). The van der Waals surface area contributed by atoms with Gasteiger partial charge in [0.2, 0.25) is 6.79 Å². The number of rotatable bonds is 4. The number of methoxy groups -OCH3 is 1. The van der Waals surface area contributed by atoms with Crippen molar-refractivity contribution in [3.63, 3.8) is 0 Å². The van der Waals surface area contributed by atoms with Crippen LogP contribution in [0.1, 0.15) is 12.5 Å². The van der Waals surface area contributed by atoms with Gasteiger partial charge in [-0.05, 0) is 13.0 Å². The maximum Gasteiger partial charge on any atom is 0.322 e. The topological polar surface area (TPSA) is 56.8 Å². The van der Waals surface area contributed by atoms with Gasteiger partial charge in [-0.3, -0.25) is 4.79 Å². The minimum atomic E-state index is -0.349. The third-order valence-corrected chi connectivity index (χ3v) is 2.63. The molecule has 5 nitrogen and oxygen atoms in total. The van der Waals surface area contributed by atoms with Crippen molar-refractivity contribution in [2.24, 2.45) is 0 Å². The van der Waals surface area contributed by atoms with E-state index in [1.165, 1.54) is 7.11 Å². The molecule has 0 radical (unpaired) electrons. The molecular weight excluding hydrogens is 222 g/mol. The van der Waals surface area contributed by atoms with Crippen molar-refractivity contribution in [2.45, 2.75) is 19.5 Å². The van der Waals surface area contributed by atoms with Gasteiger partial charge in [0.15, 0.2) is 11.5 Å². The lowest BCUT2D eigenvalue weighted by Gasteiger charge is -2.12. The van der Waals surface area contributed by atoms with E-state index in [9.17, 15) is 4.79 Å². The van der Waals surface area contributed by atoms with Crippen LogP contribution in [0.15, 0.2) is 18.2 Å². The van der Waals surface area contributed by atoms with Crippen LogP contribution >= 0.6 is 0 Å². The minimum absolute atomic E-state index is 0.249. The Kier molecular flexibility index (Phi) is 3.49. The Bertz CT molecular complexity index is 419. The molecule has 0 saturated carbocycles. The fraction of sp³-hybridized carbons (Fsp3) is 0.417. The SMILES string of the molecule is COC(=O)[C@H](C)NCc1cccc2c1OCO2. The van der Waals surface area contributed by atoms with Crippen molar-refractivity contribution < 1.29 is 19.0 Å². The summed E-state index contributed by atoms with van der Waals surface area (Å²) in [5, 5.41) is 3.07. The molecule has 1 aromatic rings. The standard InChI is InChI=1S/C12H15NO4/c1-8(12(14)15-2)13-6-9-4-3-5-10-11(9)17-7-16-10/h3-5,8,13H,6-7H2,1-2H3/t8-/m0/s1. The molecule has 1 atom stereocenters. The monoisotopic (exact) mass is 237 g/mol. The second-order valence-corrected chi connectivity index (χ2v) is 3.78. The van der Waals surface area contributed by atoms with Crippen LogP contribution in [0.3, 0.4) is 0 Å². The first-order valence-corrected chi connectivity index (χ1v) is 5.41. The molecule has 0 saturated heterocycles. The maximum atomic E-state index is 11.2. The molecule has 0 spiro atoms. The summed E-state index contributed by atoms with van der Waals surface area (Å²) in [6.45, 7) is 2.54. The fourth-order valence-corrected chi connectivity index (χ4v) is 1.65. The van der Waals surface area contributed by atoms with Gasteiger partial charge in [-0.15, -0.1) is 0 Å². The molecule has 1 aromatic carbocycles. The average molecular weight is 237 g/mol. The molecule has 1 heterocycles. The smallest absolute Gasteiger partial charge is 0.322 e. The fourth-order valence-electron chi connectivity index (χ4n) is 1.65. The van der Waals surface area contributed by atoms with Crippen LogP contribution in [0.4, 0.5) is 0 Å². The van der Waals surface area contributed by atoms with Crippen LogP contribution in [-0.4, -0.2) is 25.9 Å². The van der Waals surface area contributed by atoms with E-state index < -0.39 is 0 Å². The Hall–Kier alpha value is -1.75. The van der Waals surface area contributed by atoms with Gasteiger partial charge in [0.05, 0.1) is 7.11 Å².